The monoisotopic (exact) mass is 519 g/mol. The van der Waals surface area contributed by atoms with Gasteiger partial charge in [-0.25, -0.2) is 14.2 Å². The molecule has 0 radical (unpaired) electrons. The number of methoxy groups -OCH3 is 1. The Morgan fingerprint density at radius 2 is 1.69 bits per heavy atom. The van der Waals surface area contributed by atoms with Crippen molar-refractivity contribution in [1.82, 2.24) is 9.55 Å². The third kappa shape index (κ3) is 5.78. The highest BCUT2D eigenvalue weighted by atomic mass is 19.1. The molecule has 39 heavy (non-hydrogen) atoms. The standard InChI is InChI=1S/C32H26FN3O3/c1-35-21-34-29-18-26(13-14-30(29)35)24-11-8-22(9-12-24)20-36(32(38)25-6-4-3-5-7-25)28-17-23(16-27(33)19-28)10-15-31(37)39-2/h3-19,21H,20H2,1-2H3/b15-10+. The summed E-state index contributed by atoms with van der Waals surface area (Å²) in [6.45, 7) is 0.219. The van der Waals surface area contributed by atoms with Crippen LogP contribution in [0.25, 0.3) is 28.2 Å². The summed E-state index contributed by atoms with van der Waals surface area (Å²) in [5.41, 5.74) is 6.19. The number of fused-ring (bicyclic) bond motifs is 1. The molecule has 1 aromatic heterocycles. The third-order valence-electron chi connectivity index (χ3n) is 6.45. The molecule has 7 heteroatoms. The Morgan fingerprint density at radius 3 is 2.44 bits per heavy atom. The van der Waals surface area contributed by atoms with Crippen LogP contribution < -0.4 is 4.90 Å². The van der Waals surface area contributed by atoms with Crippen LogP contribution in [0.5, 0.6) is 0 Å². The van der Waals surface area contributed by atoms with E-state index in [-0.39, 0.29) is 12.5 Å². The quantitative estimate of drug-likeness (QED) is 0.184. The van der Waals surface area contributed by atoms with E-state index in [1.54, 1.807) is 36.7 Å². The molecule has 194 valence electrons. The smallest absolute Gasteiger partial charge is 0.330 e. The molecule has 5 aromatic rings. The molecule has 1 heterocycles. The largest absolute Gasteiger partial charge is 0.466 e. The fourth-order valence-corrected chi connectivity index (χ4v) is 4.40. The van der Waals surface area contributed by atoms with Crippen molar-refractivity contribution in [1.29, 1.82) is 0 Å². The van der Waals surface area contributed by atoms with Gasteiger partial charge in [0.15, 0.2) is 0 Å². The number of imidazole rings is 1. The molecule has 0 fully saturated rings. The summed E-state index contributed by atoms with van der Waals surface area (Å²) < 4.78 is 21.3. The van der Waals surface area contributed by atoms with Crippen molar-refractivity contribution in [2.24, 2.45) is 7.05 Å². The van der Waals surface area contributed by atoms with E-state index in [2.05, 4.69) is 15.8 Å². The number of hydrogen-bond donors (Lipinski definition) is 0. The highest BCUT2D eigenvalue weighted by Gasteiger charge is 2.19. The molecule has 0 aliphatic heterocycles. The second-order valence-electron chi connectivity index (χ2n) is 9.11. The molecule has 1 amide bonds. The van der Waals surface area contributed by atoms with Gasteiger partial charge < -0.3 is 14.2 Å². The first-order chi connectivity index (χ1) is 18.9. The summed E-state index contributed by atoms with van der Waals surface area (Å²) in [5.74, 6) is -1.35. The van der Waals surface area contributed by atoms with Crippen LogP contribution in [0.2, 0.25) is 0 Å². The highest BCUT2D eigenvalue weighted by molar-refractivity contribution is 6.06. The van der Waals surface area contributed by atoms with Gasteiger partial charge in [0.2, 0.25) is 0 Å². The predicted molar refractivity (Wildman–Crippen MR) is 151 cm³/mol. The van der Waals surface area contributed by atoms with Gasteiger partial charge in [-0.05, 0) is 70.8 Å². The number of benzene rings is 4. The topological polar surface area (TPSA) is 64.4 Å². The minimum Gasteiger partial charge on any atom is -0.466 e. The third-order valence-corrected chi connectivity index (χ3v) is 6.45. The van der Waals surface area contributed by atoms with E-state index in [9.17, 15) is 14.0 Å². The molecule has 0 aliphatic rings. The van der Waals surface area contributed by atoms with Gasteiger partial charge in [0.25, 0.3) is 5.91 Å². The Bertz CT molecular complexity index is 1670. The maximum atomic E-state index is 14.7. The van der Waals surface area contributed by atoms with Gasteiger partial charge in [-0.1, -0.05) is 48.5 Å². The minimum absolute atomic E-state index is 0.219. The summed E-state index contributed by atoms with van der Waals surface area (Å²) in [6, 6.07) is 27.2. The van der Waals surface area contributed by atoms with Crippen molar-refractivity contribution >= 4 is 34.7 Å². The Balaban J connectivity index is 1.47. The van der Waals surface area contributed by atoms with Crippen LogP contribution in [0.4, 0.5) is 10.1 Å². The van der Waals surface area contributed by atoms with Crippen LogP contribution in [0.1, 0.15) is 21.5 Å². The lowest BCUT2D eigenvalue weighted by atomic mass is 10.0. The average Bonchev–Trinajstić information content (AvgIpc) is 3.34. The molecule has 0 N–H and O–H groups in total. The van der Waals surface area contributed by atoms with E-state index >= 15 is 0 Å². The zero-order chi connectivity index (χ0) is 27.4. The highest BCUT2D eigenvalue weighted by Crippen LogP contribution is 2.27. The zero-order valence-electron chi connectivity index (χ0n) is 21.5. The van der Waals surface area contributed by atoms with Crippen molar-refractivity contribution in [3.05, 3.63) is 126 Å². The molecule has 4 aromatic carbocycles. The van der Waals surface area contributed by atoms with Crippen molar-refractivity contribution in [2.45, 2.75) is 6.54 Å². The molecule has 0 aliphatic carbocycles. The van der Waals surface area contributed by atoms with Gasteiger partial charge in [-0.2, -0.15) is 0 Å². The van der Waals surface area contributed by atoms with Gasteiger partial charge >= 0.3 is 5.97 Å². The number of hydrogen-bond acceptors (Lipinski definition) is 4. The molecular formula is C32H26FN3O3. The number of aromatic nitrogens is 2. The molecule has 0 bridgehead atoms. The van der Waals surface area contributed by atoms with Gasteiger partial charge in [0, 0.05) is 24.4 Å². The number of anilines is 1. The fourth-order valence-electron chi connectivity index (χ4n) is 4.40. The number of carbonyl (C=O) groups excluding carboxylic acids is 2. The second kappa shape index (κ2) is 11.1. The van der Waals surface area contributed by atoms with Crippen molar-refractivity contribution in [3.63, 3.8) is 0 Å². The Morgan fingerprint density at radius 1 is 0.949 bits per heavy atom. The van der Waals surface area contributed by atoms with Crippen LogP contribution >= 0.6 is 0 Å². The number of carbonyl (C=O) groups is 2. The molecule has 6 nitrogen and oxygen atoms in total. The Labute approximate surface area is 225 Å². The van der Waals surface area contributed by atoms with E-state index in [4.69, 9.17) is 0 Å². The average molecular weight is 520 g/mol. The number of ether oxygens (including phenoxy) is 1. The molecule has 0 atom stereocenters. The minimum atomic E-state index is -0.555. The second-order valence-corrected chi connectivity index (χ2v) is 9.11. The van der Waals surface area contributed by atoms with E-state index in [0.29, 0.717) is 16.8 Å². The predicted octanol–water partition coefficient (Wildman–Crippen LogP) is 6.41. The molecule has 0 saturated carbocycles. The maximum Gasteiger partial charge on any atom is 0.330 e. The van der Waals surface area contributed by atoms with Gasteiger partial charge in [0.05, 0.1) is 31.0 Å². The van der Waals surface area contributed by atoms with Crippen molar-refractivity contribution in [2.75, 3.05) is 12.0 Å². The summed E-state index contributed by atoms with van der Waals surface area (Å²) in [5, 5.41) is 0. The van der Waals surface area contributed by atoms with Gasteiger partial charge in [0.1, 0.15) is 5.82 Å². The van der Waals surface area contributed by atoms with Crippen molar-refractivity contribution < 1.29 is 18.7 Å². The van der Waals surface area contributed by atoms with Crippen LogP contribution in [0.15, 0.2) is 103 Å². The van der Waals surface area contributed by atoms with E-state index in [1.165, 1.54) is 36.3 Å². The Kier molecular flexibility index (Phi) is 7.32. The van der Waals surface area contributed by atoms with E-state index < -0.39 is 11.8 Å². The molecule has 0 saturated heterocycles. The number of esters is 1. The van der Waals surface area contributed by atoms with Crippen LogP contribution in [-0.2, 0) is 23.1 Å². The lowest BCUT2D eigenvalue weighted by Gasteiger charge is -2.24. The van der Waals surface area contributed by atoms with Gasteiger partial charge in [-0.3, -0.25) is 4.79 Å². The Hall–Kier alpha value is -5.04. The molecule has 0 unspecified atom stereocenters. The molecular weight excluding hydrogens is 493 g/mol. The lowest BCUT2D eigenvalue weighted by molar-refractivity contribution is -0.134. The van der Waals surface area contributed by atoms with E-state index in [0.717, 1.165) is 27.7 Å². The summed E-state index contributed by atoms with van der Waals surface area (Å²) in [4.78, 5) is 31.1. The normalized spacial score (nSPS) is 11.2. The lowest BCUT2D eigenvalue weighted by Crippen LogP contribution is -2.30. The summed E-state index contributed by atoms with van der Waals surface area (Å²) in [6.07, 6.45) is 4.46. The molecule has 5 rings (SSSR count). The number of halogens is 1. The SMILES string of the molecule is COC(=O)/C=C/c1cc(F)cc(N(Cc2ccc(-c3ccc4c(c3)ncn4C)cc2)C(=O)c2ccccc2)c1. The number of nitrogens with zero attached hydrogens (tertiary/aromatic N) is 3. The first kappa shape index (κ1) is 25.6. The first-order valence-electron chi connectivity index (χ1n) is 12.4. The maximum absolute atomic E-state index is 14.7. The van der Waals surface area contributed by atoms with Crippen LogP contribution in [0, 0.1) is 5.82 Å². The summed E-state index contributed by atoms with van der Waals surface area (Å²) >= 11 is 0. The number of amides is 1. The first-order valence-corrected chi connectivity index (χ1v) is 12.4. The van der Waals surface area contributed by atoms with Crippen molar-refractivity contribution in [3.8, 4) is 11.1 Å². The van der Waals surface area contributed by atoms with E-state index in [1.807, 2.05) is 54.1 Å². The number of aryl methyl sites for hydroxylation is 1. The van der Waals surface area contributed by atoms with Crippen LogP contribution in [0.3, 0.4) is 0 Å². The molecule has 0 spiro atoms. The summed E-state index contributed by atoms with van der Waals surface area (Å²) in [7, 11) is 3.23. The number of rotatable bonds is 7. The van der Waals surface area contributed by atoms with Gasteiger partial charge in [-0.15, -0.1) is 0 Å². The fraction of sp³-hybridized carbons (Fsp3) is 0.0938. The zero-order valence-corrected chi connectivity index (χ0v) is 21.5. The van der Waals surface area contributed by atoms with Crippen LogP contribution in [-0.4, -0.2) is 28.5 Å².